The number of nitrogens with zero attached hydrogens (tertiary/aromatic N) is 2. The third-order valence-corrected chi connectivity index (χ3v) is 10.9. The first kappa shape index (κ1) is 35.0. The average molecular weight is 760 g/mol. The van der Waals surface area contributed by atoms with E-state index < -0.39 is 5.97 Å². The van der Waals surface area contributed by atoms with Crippen LogP contribution in [0.25, 0.3) is 0 Å². The second-order valence-corrected chi connectivity index (χ2v) is 14.2. The first-order valence-corrected chi connectivity index (χ1v) is 18.3. The molecule has 11 heteroatoms. The van der Waals surface area contributed by atoms with E-state index in [1.807, 2.05) is 55.6 Å². The molecular formula is C40H43BrN2O8. The van der Waals surface area contributed by atoms with Gasteiger partial charge in [0.2, 0.25) is 5.75 Å². The smallest absolute Gasteiger partial charge is 0.205 e. The Labute approximate surface area is 307 Å². The first-order valence-electron chi connectivity index (χ1n) is 17.1. The molecule has 0 saturated carbocycles. The number of methoxy groups -OCH3 is 3. The molecule has 0 amide bonds. The molecule has 268 valence electrons. The van der Waals surface area contributed by atoms with Gasteiger partial charge < -0.3 is 42.8 Å². The number of carboxylic acid groups (broad SMARTS) is 1. The lowest BCUT2D eigenvalue weighted by molar-refractivity contribution is -0.936. The number of hydrogen-bond acceptors (Lipinski definition) is 9. The minimum atomic E-state index is -1.08. The Kier molecular flexibility index (Phi) is 9.80. The molecule has 0 aromatic heterocycles. The summed E-state index contributed by atoms with van der Waals surface area (Å²) in [7, 11) is 9.04. The molecule has 0 radical (unpaired) electrons. The van der Waals surface area contributed by atoms with Crippen LogP contribution in [0.5, 0.6) is 46.0 Å². The van der Waals surface area contributed by atoms with Crippen molar-refractivity contribution in [1.29, 1.82) is 0 Å². The lowest BCUT2D eigenvalue weighted by Gasteiger charge is -2.46. The molecule has 6 bridgehead atoms. The maximum Gasteiger partial charge on any atom is 0.205 e. The number of rotatable bonds is 7. The summed E-state index contributed by atoms with van der Waals surface area (Å²) in [6.07, 6.45) is 2.71. The molecule has 3 unspecified atom stereocenters. The van der Waals surface area contributed by atoms with Gasteiger partial charge in [0.25, 0.3) is 0 Å². The van der Waals surface area contributed by atoms with E-state index in [4.69, 9.17) is 28.4 Å². The van der Waals surface area contributed by atoms with E-state index in [1.165, 1.54) is 0 Å². The highest BCUT2D eigenvalue weighted by atomic mass is 79.9. The maximum atomic E-state index is 12.2. The zero-order valence-corrected chi connectivity index (χ0v) is 31.2. The van der Waals surface area contributed by atoms with Crippen LogP contribution in [0, 0.1) is 0 Å². The summed E-state index contributed by atoms with van der Waals surface area (Å²) in [5.74, 6) is 3.55. The predicted octanol–water partition coefficient (Wildman–Crippen LogP) is 6.15. The van der Waals surface area contributed by atoms with Gasteiger partial charge in [0, 0.05) is 36.6 Å². The van der Waals surface area contributed by atoms with Crippen molar-refractivity contribution in [2.24, 2.45) is 0 Å². The van der Waals surface area contributed by atoms with E-state index in [0.29, 0.717) is 71.8 Å². The number of hydrogen-bond donors (Lipinski definition) is 0. The fourth-order valence-corrected chi connectivity index (χ4v) is 8.23. The average Bonchev–Trinajstić information content (AvgIpc) is 3.11. The molecule has 8 rings (SSSR count). The summed E-state index contributed by atoms with van der Waals surface area (Å²) in [5, 5.41) is 12.2. The number of fused-ring (bicyclic) bond motifs is 2. The van der Waals surface area contributed by atoms with Gasteiger partial charge in [0.05, 0.1) is 40.9 Å². The van der Waals surface area contributed by atoms with Gasteiger partial charge in [-0.3, -0.25) is 4.90 Å². The number of halogens is 1. The Morgan fingerprint density at radius 1 is 0.882 bits per heavy atom. The number of benzene rings is 4. The third-order valence-electron chi connectivity index (χ3n) is 10.7. The summed E-state index contributed by atoms with van der Waals surface area (Å²) in [6, 6.07) is 19.9. The molecule has 0 spiro atoms. The van der Waals surface area contributed by atoms with E-state index in [0.717, 1.165) is 46.3 Å². The minimum absolute atomic E-state index is 0.0915. The molecular weight excluding hydrogens is 716 g/mol. The topological polar surface area (TPSA) is 98.8 Å². The monoisotopic (exact) mass is 758 g/mol. The summed E-state index contributed by atoms with van der Waals surface area (Å²) in [5.41, 5.74) is 6.55. The highest BCUT2D eigenvalue weighted by Crippen LogP contribution is 2.52. The number of carbonyl (C=O) groups excluding carboxylic acids is 1. The van der Waals surface area contributed by atoms with E-state index in [-0.39, 0.29) is 28.6 Å². The Morgan fingerprint density at radius 2 is 1.59 bits per heavy atom. The zero-order chi connectivity index (χ0) is 35.9. The summed E-state index contributed by atoms with van der Waals surface area (Å²) < 4.78 is 37.7. The van der Waals surface area contributed by atoms with Crippen molar-refractivity contribution in [3.8, 4) is 46.0 Å². The van der Waals surface area contributed by atoms with Crippen LogP contribution in [0.3, 0.4) is 0 Å². The number of likely N-dealkylation sites (N-methyl/N-ethyl adjacent to an activating group) is 2. The second kappa shape index (κ2) is 14.3. The zero-order valence-electron chi connectivity index (χ0n) is 29.6. The maximum absolute atomic E-state index is 12.2. The van der Waals surface area contributed by atoms with Gasteiger partial charge >= 0.3 is 0 Å². The van der Waals surface area contributed by atoms with Crippen molar-refractivity contribution in [2.75, 3.05) is 60.6 Å². The van der Waals surface area contributed by atoms with Gasteiger partial charge in [0.15, 0.2) is 34.5 Å². The van der Waals surface area contributed by atoms with Crippen LogP contribution in [0.1, 0.15) is 45.5 Å². The predicted molar refractivity (Wildman–Crippen MR) is 194 cm³/mol. The Bertz CT molecular complexity index is 1950. The summed E-state index contributed by atoms with van der Waals surface area (Å²) in [4.78, 5) is 14.5. The lowest BCUT2D eigenvalue weighted by atomic mass is 9.86. The fraction of sp³-hybridized carbons (Fsp3) is 0.375. The molecule has 51 heavy (non-hydrogen) atoms. The number of carbonyl (C=O) groups is 1. The Morgan fingerprint density at radius 3 is 2.29 bits per heavy atom. The number of carboxylic acids is 1. The van der Waals surface area contributed by atoms with Gasteiger partial charge in [-0.15, -0.1) is 0 Å². The number of aliphatic carboxylic acids is 1. The Balaban J connectivity index is 1.49. The number of ether oxygens (including phenoxy) is 6. The van der Waals surface area contributed by atoms with E-state index in [9.17, 15) is 9.90 Å². The largest absolute Gasteiger partial charge is 0.544 e. The van der Waals surface area contributed by atoms with Crippen molar-refractivity contribution in [2.45, 2.75) is 37.8 Å². The quantitative estimate of drug-likeness (QED) is 0.162. The molecule has 0 aliphatic carbocycles. The third kappa shape index (κ3) is 6.70. The molecule has 0 N–H and O–H groups in total. The van der Waals surface area contributed by atoms with E-state index in [2.05, 4.69) is 40.0 Å². The number of quaternary nitrogens is 1. The highest BCUT2D eigenvalue weighted by Gasteiger charge is 2.41. The number of alkyl halides is 1. The lowest BCUT2D eigenvalue weighted by Crippen LogP contribution is -2.56. The van der Waals surface area contributed by atoms with Gasteiger partial charge in [0.1, 0.15) is 23.9 Å². The van der Waals surface area contributed by atoms with Crippen molar-refractivity contribution >= 4 is 21.9 Å². The molecule has 4 aromatic rings. The van der Waals surface area contributed by atoms with E-state index >= 15 is 0 Å². The van der Waals surface area contributed by atoms with Crippen LogP contribution in [0.15, 0.2) is 60.7 Å². The molecule has 4 aliphatic rings. The normalized spacial score (nSPS) is 20.9. The van der Waals surface area contributed by atoms with Crippen LogP contribution >= 0.6 is 15.9 Å². The van der Waals surface area contributed by atoms with Crippen LogP contribution < -0.4 is 33.5 Å². The van der Waals surface area contributed by atoms with Crippen LogP contribution in [-0.2, 0) is 30.5 Å². The van der Waals surface area contributed by atoms with Crippen molar-refractivity contribution < 1.29 is 42.8 Å². The molecule has 4 heterocycles. The molecule has 3 atom stereocenters. The summed E-state index contributed by atoms with van der Waals surface area (Å²) >= 11 is 3.47. The van der Waals surface area contributed by atoms with Crippen molar-refractivity contribution in [3.63, 3.8) is 0 Å². The first-order chi connectivity index (χ1) is 24.6. The summed E-state index contributed by atoms with van der Waals surface area (Å²) in [6.45, 7) is 1.35. The molecule has 10 nitrogen and oxygen atoms in total. The SMILES string of the molecule is COc1ccc2cc1Oc1ccc(cc1)CC1c3cc(c(OC)cc3CC[N+]1(C)CC(=O)[O-])Oc1c(OCBr)c(OC)cc3c1C(C2)N(C)CC3. The fourth-order valence-electron chi connectivity index (χ4n) is 8.00. The van der Waals surface area contributed by atoms with Gasteiger partial charge in [-0.25, -0.2) is 0 Å². The van der Waals surface area contributed by atoms with Crippen LogP contribution in [-0.4, -0.2) is 75.9 Å². The van der Waals surface area contributed by atoms with Crippen LogP contribution in [0.4, 0.5) is 0 Å². The van der Waals surface area contributed by atoms with Crippen molar-refractivity contribution in [3.05, 3.63) is 94.0 Å². The molecule has 0 fully saturated rings. The van der Waals surface area contributed by atoms with Gasteiger partial charge in [-0.05, 0) is 101 Å². The molecule has 4 aliphatic heterocycles. The van der Waals surface area contributed by atoms with E-state index in [1.54, 1.807) is 21.3 Å². The van der Waals surface area contributed by atoms with Gasteiger partial charge in [-0.1, -0.05) is 18.2 Å². The highest BCUT2D eigenvalue weighted by molar-refractivity contribution is 9.09. The second-order valence-electron chi connectivity index (χ2n) is 13.8. The van der Waals surface area contributed by atoms with Crippen molar-refractivity contribution in [1.82, 2.24) is 4.90 Å². The molecule has 4 aromatic carbocycles. The molecule has 0 saturated heterocycles. The standard InChI is InChI=1S/C40H43BrN2O8/c1-42-14-12-27-20-36(48-5)39(49-23-41)40-38(27)30(42)16-25-8-11-32(46-3)34(18-25)50-28-9-6-24(7-10-28)17-31-29-21-35(51-40)33(47-4)19-26(29)13-15-43(31,2)22-37(44)45/h6-11,18-21,30-31H,12-17,22-23H2,1-5H3. The van der Waals surface area contributed by atoms with Gasteiger partial charge in [-0.2, -0.15) is 0 Å². The minimum Gasteiger partial charge on any atom is -0.544 e. The van der Waals surface area contributed by atoms with Crippen LogP contribution in [0.2, 0.25) is 0 Å². The Hall–Kier alpha value is -4.45.